The molecule has 2 N–H and O–H groups in total. The zero-order valence-corrected chi connectivity index (χ0v) is 29.6. The number of ether oxygens (including phenoxy) is 2. The number of ketones is 1. The van der Waals surface area contributed by atoms with Crippen LogP contribution in [0.25, 0.3) is 11.1 Å². The van der Waals surface area contributed by atoms with Gasteiger partial charge in [-0.05, 0) is 99.5 Å². The molecule has 3 aliphatic rings. The lowest BCUT2D eigenvalue weighted by molar-refractivity contribution is -0.0814. The Morgan fingerprint density at radius 2 is 1.71 bits per heavy atom. The van der Waals surface area contributed by atoms with E-state index >= 15 is 0 Å². The first-order valence-electron chi connectivity index (χ1n) is 17.9. The smallest absolute Gasteiger partial charge is 0.409 e. The van der Waals surface area contributed by atoms with E-state index in [1.54, 1.807) is 18.9 Å². The third kappa shape index (κ3) is 8.34. The quantitative estimate of drug-likeness (QED) is 0.129. The monoisotopic (exact) mass is 667 g/mol. The number of methoxy groups -OCH3 is 1. The van der Waals surface area contributed by atoms with Crippen LogP contribution in [0.5, 0.6) is 0 Å². The maximum atomic E-state index is 14.5. The van der Waals surface area contributed by atoms with Gasteiger partial charge >= 0.3 is 6.09 Å². The van der Waals surface area contributed by atoms with Gasteiger partial charge in [0, 0.05) is 36.8 Å². The van der Waals surface area contributed by atoms with E-state index in [1.165, 1.54) is 5.57 Å². The third-order valence-electron chi connectivity index (χ3n) is 10.9. The zero-order chi connectivity index (χ0) is 35.0. The second-order valence-electron chi connectivity index (χ2n) is 14.2. The average Bonchev–Trinajstić information content (AvgIpc) is 3.36. The Morgan fingerprint density at radius 3 is 2.43 bits per heavy atom. The number of nitrogens with zero attached hydrogens (tertiary/aromatic N) is 1. The summed E-state index contributed by atoms with van der Waals surface area (Å²) in [6.07, 6.45) is 6.33. The van der Waals surface area contributed by atoms with Gasteiger partial charge in [0.05, 0.1) is 24.9 Å². The van der Waals surface area contributed by atoms with Gasteiger partial charge in [0.25, 0.3) is 0 Å². The lowest BCUT2D eigenvalue weighted by atomic mass is 9.64. The standard InChI is InChI=1S/C42H53NO6/c1-5-49-40(46)43(25-10-26-48-4)29-42(47)24-22-38-36-21-15-31(27-35(44)20-14-30(2)11-9-23-41(38,42)3)28-37(36)39(45)34-18-16-33(17-19-34)32-12-7-6-8-13-32/h6-8,11-13,15-19,21,28,35,38,44,47H,5,9-10,14,20,22-27,29H2,1-4H3. The number of fused-ring (bicyclic) bond motifs is 8. The van der Waals surface area contributed by atoms with Crippen molar-refractivity contribution in [3.8, 4) is 11.1 Å². The molecule has 7 heteroatoms. The van der Waals surface area contributed by atoms with Gasteiger partial charge in [-0.1, -0.05) is 85.3 Å². The first-order chi connectivity index (χ1) is 23.6. The largest absolute Gasteiger partial charge is 0.450 e. The molecular weight excluding hydrogens is 614 g/mol. The highest BCUT2D eigenvalue weighted by Gasteiger charge is 2.57. The number of allylic oxidation sites excluding steroid dienone is 2. The fourth-order valence-electron chi connectivity index (χ4n) is 7.96. The van der Waals surface area contributed by atoms with Crippen molar-refractivity contribution in [2.24, 2.45) is 5.41 Å². The Kier molecular flexibility index (Phi) is 12.1. The molecule has 3 aromatic rings. The topological polar surface area (TPSA) is 96.3 Å². The first kappa shape index (κ1) is 36.5. The maximum Gasteiger partial charge on any atom is 0.409 e. The number of hydrogen-bond donors (Lipinski definition) is 2. The van der Waals surface area contributed by atoms with Gasteiger partial charge in [-0.3, -0.25) is 4.79 Å². The molecule has 3 aromatic carbocycles. The Hall–Kier alpha value is -3.78. The molecule has 0 saturated heterocycles. The lowest BCUT2D eigenvalue weighted by Crippen LogP contribution is -2.54. The molecule has 6 rings (SSSR count). The number of rotatable bonds is 10. The molecule has 0 radical (unpaired) electrons. The molecule has 4 unspecified atom stereocenters. The number of hydrogen-bond acceptors (Lipinski definition) is 6. The first-order valence-corrected chi connectivity index (χ1v) is 17.9. The minimum absolute atomic E-state index is 0.0701. The van der Waals surface area contributed by atoms with E-state index in [-0.39, 0.29) is 24.9 Å². The highest BCUT2D eigenvalue weighted by molar-refractivity contribution is 6.10. The van der Waals surface area contributed by atoms with Crippen LogP contribution in [0.2, 0.25) is 0 Å². The van der Waals surface area contributed by atoms with Gasteiger partial charge in [0.1, 0.15) is 0 Å². The number of carbonyl (C=O) groups is 2. The summed E-state index contributed by atoms with van der Waals surface area (Å²) in [5.41, 5.74) is 4.50. The molecule has 7 nitrogen and oxygen atoms in total. The summed E-state index contributed by atoms with van der Waals surface area (Å²) in [5, 5.41) is 23.7. The van der Waals surface area contributed by atoms with Crippen molar-refractivity contribution in [1.29, 1.82) is 0 Å². The average molecular weight is 668 g/mol. The van der Waals surface area contributed by atoms with E-state index in [0.29, 0.717) is 62.8 Å². The van der Waals surface area contributed by atoms with Crippen LogP contribution in [0.4, 0.5) is 4.79 Å². The zero-order valence-electron chi connectivity index (χ0n) is 29.6. The predicted octanol–water partition coefficient (Wildman–Crippen LogP) is 8.12. The number of aliphatic hydroxyl groups is 2. The van der Waals surface area contributed by atoms with Crippen molar-refractivity contribution in [3.05, 3.63) is 107 Å². The highest BCUT2D eigenvalue weighted by atomic mass is 16.6. The molecule has 0 aromatic heterocycles. The van der Waals surface area contributed by atoms with E-state index in [9.17, 15) is 19.8 Å². The summed E-state index contributed by atoms with van der Waals surface area (Å²) in [6, 6.07) is 23.9. The van der Waals surface area contributed by atoms with Crippen LogP contribution in [-0.2, 0) is 15.9 Å². The van der Waals surface area contributed by atoms with Gasteiger partial charge in [0.2, 0.25) is 0 Å². The van der Waals surface area contributed by atoms with Gasteiger partial charge < -0.3 is 24.6 Å². The SMILES string of the molecule is CCOC(=O)N(CCCOC)CC1(O)CCC2c3ccc(cc3C(=O)c3ccc(-c4ccccc4)cc3)CC(O)CCC(C)=CCCC21C. The van der Waals surface area contributed by atoms with Crippen LogP contribution in [0, 0.1) is 5.41 Å². The van der Waals surface area contributed by atoms with Crippen LogP contribution in [-0.4, -0.2) is 72.1 Å². The number of benzene rings is 3. The van der Waals surface area contributed by atoms with E-state index in [0.717, 1.165) is 35.1 Å². The summed E-state index contributed by atoms with van der Waals surface area (Å²) < 4.78 is 10.7. The summed E-state index contributed by atoms with van der Waals surface area (Å²) in [7, 11) is 1.64. The van der Waals surface area contributed by atoms with Crippen molar-refractivity contribution in [2.75, 3.05) is 33.4 Å². The van der Waals surface area contributed by atoms with Crippen LogP contribution in [0.15, 0.2) is 84.4 Å². The van der Waals surface area contributed by atoms with Crippen LogP contribution in [0.3, 0.4) is 0 Å². The summed E-state index contributed by atoms with van der Waals surface area (Å²) >= 11 is 0. The summed E-state index contributed by atoms with van der Waals surface area (Å²) in [6.45, 7) is 7.33. The maximum absolute atomic E-state index is 14.5. The molecule has 4 atom stereocenters. The van der Waals surface area contributed by atoms with E-state index in [4.69, 9.17) is 9.47 Å². The van der Waals surface area contributed by atoms with E-state index < -0.39 is 23.2 Å². The van der Waals surface area contributed by atoms with Crippen molar-refractivity contribution in [3.63, 3.8) is 0 Å². The molecule has 0 aliphatic heterocycles. The summed E-state index contributed by atoms with van der Waals surface area (Å²) in [4.78, 5) is 29.3. The van der Waals surface area contributed by atoms with Crippen molar-refractivity contribution in [1.82, 2.24) is 4.90 Å². The van der Waals surface area contributed by atoms with E-state index in [2.05, 4.69) is 38.1 Å². The van der Waals surface area contributed by atoms with Crippen LogP contribution in [0.1, 0.15) is 98.7 Å². The molecule has 1 saturated carbocycles. The van der Waals surface area contributed by atoms with Gasteiger partial charge in [-0.2, -0.15) is 0 Å². The highest BCUT2D eigenvalue weighted by Crippen LogP contribution is 2.59. The summed E-state index contributed by atoms with van der Waals surface area (Å²) in [5.74, 6) is -0.210. The minimum atomic E-state index is -1.22. The Labute approximate surface area is 292 Å². The molecule has 3 aliphatic carbocycles. The van der Waals surface area contributed by atoms with Gasteiger partial charge in [-0.15, -0.1) is 0 Å². The molecule has 262 valence electrons. The predicted molar refractivity (Wildman–Crippen MR) is 194 cm³/mol. The number of carbonyl (C=O) groups excluding carboxylic acids is 2. The molecule has 1 amide bonds. The third-order valence-corrected chi connectivity index (χ3v) is 10.9. The van der Waals surface area contributed by atoms with Crippen LogP contribution >= 0.6 is 0 Å². The van der Waals surface area contributed by atoms with E-state index in [1.807, 2.05) is 54.6 Å². The molecule has 2 bridgehead atoms. The molecule has 49 heavy (non-hydrogen) atoms. The van der Waals surface area contributed by atoms with Crippen molar-refractivity contribution < 1.29 is 29.3 Å². The van der Waals surface area contributed by atoms with Crippen LogP contribution < -0.4 is 0 Å². The van der Waals surface area contributed by atoms with Gasteiger partial charge in [0.15, 0.2) is 5.78 Å². The molecule has 1 fully saturated rings. The second kappa shape index (κ2) is 16.3. The number of aliphatic hydroxyl groups excluding tert-OH is 1. The fraction of sp³-hybridized carbons (Fsp3) is 0.476. The Balaban J connectivity index is 1.56. The molecular formula is C42H53NO6. The molecule has 0 spiro atoms. The minimum Gasteiger partial charge on any atom is -0.450 e. The Morgan fingerprint density at radius 1 is 0.980 bits per heavy atom. The van der Waals surface area contributed by atoms with Crippen molar-refractivity contribution >= 4 is 11.9 Å². The van der Waals surface area contributed by atoms with Crippen molar-refractivity contribution in [2.45, 2.75) is 89.8 Å². The van der Waals surface area contributed by atoms with Gasteiger partial charge in [-0.25, -0.2) is 4.79 Å². The second-order valence-corrected chi connectivity index (χ2v) is 14.2. The fourth-order valence-corrected chi connectivity index (χ4v) is 7.96. The molecule has 0 heterocycles. The lowest BCUT2D eigenvalue weighted by Gasteiger charge is -2.46. The Bertz CT molecular complexity index is 1600. The number of amides is 1. The normalized spacial score (nSPS) is 24.1.